The molecule has 2 aromatic carbocycles. The molecule has 1 N–H and O–H groups in total. The van der Waals surface area contributed by atoms with Crippen LogP contribution < -0.4 is 10.1 Å². The molecule has 0 spiro atoms. The number of amides is 1. The van der Waals surface area contributed by atoms with Gasteiger partial charge in [0.05, 0.1) is 13.7 Å². The number of methoxy groups -OCH3 is 1. The van der Waals surface area contributed by atoms with Crippen molar-refractivity contribution < 1.29 is 9.53 Å². The van der Waals surface area contributed by atoms with Gasteiger partial charge in [-0.05, 0) is 67.3 Å². The van der Waals surface area contributed by atoms with Gasteiger partial charge in [0.1, 0.15) is 18.4 Å². The van der Waals surface area contributed by atoms with Gasteiger partial charge in [0.2, 0.25) is 0 Å². The average Bonchev–Trinajstić information content (AvgIpc) is 3.14. The van der Waals surface area contributed by atoms with Crippen molar-refractivity contribution in [2.75, 3.05) is 7.11 Å². The highest BCUT2D eigenvalue weighted by molar-refractivity contribution is 5.94. The predicted molar refractivity (Wildman–Crippen MR) is 105 cm³/mol. The Balaban J connectivity index is 1.70. The van der Waals surface area contributed by atoms with Crippen LogP contribution in [0.2, 0.25) is 0 Å². The zero-order valence-electron chi connectivity index (χ0n) is 16.1. The van der Waals surface area contributed by atoms with Crippen molar-refractivity contribution in [1.29, 1.82) is 0 Å². The second-order valence-corrected chi connectivity index (χ2v) is 6.71. The van der Waals surface area contributed by atoms with E-state index in [2.05, 4.69) is 27.5 Å². The number of aryl methyl sites for hydroxylation is 2. The summed E-state index contributed by atoms with van der Waals surface area (Å²) >= 11 is 0. The van der Waals surface area contributed by atoms with Crippen molar-refractivity contribution in [3.8, 4) is 16.9 Å². The topological polar surface area (TPSA) is 69.0 Å². The molecule has 3 aromatic rings. The first-order valence-corrected chi connectivity index (χ1v) is 8.87. The SMILES string of the molecule is COc1c(C)cc(-c2ccc(C(=O)NC(C)Cn3cncn3)cc2)cc1C. The van der Waals surface area contributed by atoms with Gasteiger partial charge >= 0.3 is 0 Å². The van der Waals surface area contributed by atoms with Gasteiger partial charge in [-0.2, -0.15) is 5.10 Å². The number of carbonyl (C=O) groups excluding carboxylic acids is 1. The Kier molecular flexibility index (Phi) is 5.54. The Morgan fingerprint density at radius 2 is 1.81 bits per heavy atom. The molecule has 1 aromatic heterocycles. The fourth-order valence-electron chi connectivity index (χ4n) is 3.21. The van der Waals surface area contributed by atoms with E-state index in [-0.39, 0.29) is 11.9 Å². The quantitative estimate of drug-likeness (QED) is 0.728. The highest BCUT2D eigenvalue weighted by atomic mass is 16.5. The molecule has 1 heterocycles. The van der Waals surface area contributed by atoms with Crippen LogP contribution in [0.4, 0.5) is 0 Å². The van der Waals surface area contributed by atoms with Crippen molar-refractivity contribution in [3.63, 3.8) is 0 Å². The van der Waals surface area contributed by atoms with E-state index in [9.17, 15) is 4.79 Å². The molecule has 1 amide bonds. The Morgan fingerprint density at radius 1 is 1.15 bits per heavy atom. The standard InChI is InChI=1S/C21H24N4O2/c1-14-9-19(10-15(2)20(14)27-4)17-5-7-18(8-6-17)21(26)24-16(3)11-25-13-22-12-23-25/h5-10,12-13,16H,11H2,1-4H3,(H,24,26). The second kappa shape index (κ2) is 8.03. The molecule has 0 radical (unpaired) electrons. The summed E-state index contributed by atoms with van der Waals surface area (Å²) in [6, 6.07) is 11.8. The number of hydrogen-bond acceptors (Lipinski definition) is 4. The number of nitrogens with zero attached hydrogens (tertiary/aromatic N) is 3. The third kappa shape index (κ3) is 4.34. The predicted octanol–water partition coefficient (Wildman–Crippen LogP) is 3.39. The van der Waals surface area contributed by atoms with Gasteiger partial charge in [0.15, 0.2) is 0 Å². The highest BCUT2D eigenvalue weighted by Crippen LogP contribution is 2.30. The van der Waals surface area contributed by atoms with Crippen molar-refractivity contribution >= 4 is 5.91 Å². The van der Waals surface area contributed by atoms with E-state index in [1.165, 1.54) is 6.33 Å². The van der Waals surface area contributed by atoms with E-state index in [4.69, 9.17) is 4.74 Å². The van der Waals surface area contributed by atoms with Crippen LogP contribution in [0, 0.1) is 13.8 Å². The van der Waals surface area contributed by atoms with Crippen LogP contribution in [-0.4, -0.2) is 33.8 Å². The number of rotatable bonds is 6. The zero-order chi connectivity index (χ0) is 19.4. The molecule has 140 valence electrons. The Bertz CT molecular complexity index is 895. The second-order valence-electron chi connectivity index (χ2n) is 6.71. The van der Waals surface area contributed by atoms with E-state index >= 15 is 0 Å². The molecule has 0 saturated carbocycles. The summed E-state index contributed by atoms with van der Waals surface area (Å²) in [5.41, 5.74) is 4.99. The van der Waals surface area contributed by atoms with Crippen LogP contribution in [0.15, 0.2) is 49.1 Å². The van der Waals surface area contributed by atoms with E-state index < -0.39 is 0 Å². The van der Waals surface area contributed by atoms with E-state index in [1.54, 1.807) is 18.1 Å². The average molecular weight is 364 g/mol. The summed E-state index contributed by atoms with van der Waals surface area (Å²) in [4.78, 5) is 16.4. The number of hydrogen-bond donors (Lipinski definition) is 1. The lowest BCUT2D eigenvalue weighted by molar-refractivity contribution is 0.0936. The molecule has 3 rings (SSSR count). The third-order valence-electron chi connectivity index (χ3n) is 4.45. The number of benzene rings is 2. The number of nitrogens with one attached hydrogen (secondary N) is 1. The molecule has 0 bridgehead atoms. The summed E-state index contributed by atoms with van der Waals surface area (Å²) in [6.45, 7) is 6.59. The largest absolute Gasteiger partial charge is 0.496 e. The molecule has 0 aliphatic heterocycles. The summed E-state index contributed by atoms with van der Waals surface area (Å²) in [6.07, 6.45) is 3.12. The molecule has 0 aliphatic carbocycles. The first-order valence-electron chi connectivity index (χ1n) is 8.87. The molecule has 1 atom stereocenters. The van der Waals surface area contributed by atoms with Crippen LogP contribution in [-0.2, 0) is 6.54 Å². The molecule has 0 fully saturated rings. The Hall–Kier alpha value is -3.15. The molecular weight excluding hydrogens is 340 g/mol. The summed E-state index contributed by atoms with van der Waals surface area (Å²) in [5, 5.41) is 7.04. The van der Waals surface area contributed by atoms with Gasteiger partial charge in [-0.25, -0.2) is 4.98 Å². The van der Waals surface area contributed by atoms with Crippen molar-refractivity contribution in [2.45, 2.75) is 33.4 Å². The molecule has 6 nitrogen and oxygen atoms in total. The number of ether oxygens (including phenoxy) is 1. The smallest absolute Gasteiger partial charge is 0.251 e. The minimum Gasteiger partial charge on any atom is -0.496 e. The van der Waals surface area contributed by atoms with Gasteiger partial charge < -0.3 is 10.1 Å². The number of aromatic nitrogens is 3. The Labute approximate surface area is 159 Å². The molecule has 0 aliphatic rings. The summed E-state index contributed by atoms with van der Waals surface area (Å²) in [5.74, 6) is 0.812. The molecule has 0 saturated heterocycles. The monoisotopic (exact) mass is 364 g/mol. The van der Waals surface area contributed by atoms with Crippen LogP contribution in [0.5, 0.6) is 5.75 Å². The Morgan fingerprint density at radius 3 is 2.37 bits per heavy atom. The fraction of sp³-hybridized carbons (Fsp3) is 0.286. The first-order chi connectivity index (χ1) is 13.0. The van der Waals surface area contributed by atoms with E-state index in [0.717, 1.165) is 28.0 Å². The lowest BCUT2D eigenvalue weighted by Crippen LogP contribution is -2.35. The fourth-order valence-corrected chi connectivity index (χ4v) is 3.21. The van der Waals surface area contributed by atoms with E-state index in [0.29, 0.717) is 12.1 Å². The van der Waals surface area contributed by atoms with Crippen molar-refractivity contribution in [1.82, 2.24) is 20.1 Å². The third-order valence-corrected chi connectivity index (χ3v) is 4.45. The minimum atomic E-state index is -0.101. The van der Waals surface area contributed by atoms with E-state index in [1.807, 2.05) is 45.0 Å². The lowest BCUT2D eigenvalue weighted by Gasteiger charge is -2.14. The van der Waals surface area contributed by atoms with Crippen molar-refractivity contribution in [3.05, 3.63) is 65.7 Å². The molecule has 1 unspecified atom stereocenters. The minimum absolute atomic E-state index is 0.0502. The highest BCUT2D eigenvalue weighted by Gasteiger charge is 2.12. The number of carbonyl (C=O) groups is 1. The van der Waals surface area contributed by atoms with Gasteiger partial charge in [-0.3, -0.25) is 9.48 Å². The normalized spacial score (nSPS) is 11.9. The van der Waals surface area contributed by atoms with Crippen LogP contribution in [0.3, 0.4) is 0 Å². The van der Waals surface area contributed by atoms with Gasteiger partial charge in [-0.1, -0.05) is 12.1 Å². The maximum absolute atomic E-state index is 12.5. The van der Waals surface area contributed by atoms with Gasteiger partial charge in [0.25, 0.3) is 5.91 Å². The van der Waals surface area contributed by atoms with Crippen LogP contribution in [0.1, 0.15) is 28.4 Å². The maximum Gasteiger partial charge on any atom is 0.251 e. The maximum atomic E-state index is 12.5. The zero-order valence-corrected chi connectivity index (χ0v) is 16.1. The van der Waals surface area contributed by atoms with Crippen LogP contribution in [0.25, 0.3) is 11.1 Å². The molecule has 27 heavy (non-hydrogen) atoms. The molecule has 6 heteroatoms. The van der Waals surface area contributed by atoms with Crippen LogP contribution >= 0.6 is 0 Å². The van der Waals surface area contributed by atoms with Crippen molar-refractivity contribution in [2.24, 2.45) is 0 Å². The summed E-state index contributed by atoms with van der Waals surface area (Å²) in [7, 11) is 1.69. The first kappa shape index (κ1) is 18.6. The van der Waals surface area contributed by atoms with Gasteiger partial charge in [0, 0.05) is 11.6 Å². The lowest BCUT2D eigenvalue weighted by atomic mass is 9.98. The molecular formula is C21H24N4O2. The van der Waals surface area contributed by atoms with Gasteiger partial charge in [-0.15, -0.1) is 0 Å². The summed E-state index contributed by atoms with van der Waals surface area (Å²) < 4.78 is 7.13.